The molecule has 0 heterocycles. The second-order valence-corrected chi connectivity index (χ2v) is 3.52. The van der Waals surface area contributed by atoms with Crippen LogP contribution in [0.15, 0.2) is 24.3 Å². The second-order valence-electron chi connectivity index (χ2n) is 3.52. The van der Waals surface area contributed by atoms with Crippen molar-refractivity contribution < 1.29 is 27.8 Å². The molecule has 0 aliphatic carbocycles. The van der Waals surface area contributed by atoms with Crippen LogP contribution < -0.4 is 4.74 Å². The summed E-state index contributed by atoms with van der Waals surface area (Å²) >= 11 is 0. The summed E-state index contributed by atoms with van der Waals surface area (Å²) in [4.78, 5) is 10.4. The van der Waals surface area contributed by atoms with Gasteiger partial charge in [-0.15, -0.1) is 0 Å². The van der Waals surface area contributed by atoms with Gasteiger partial charge in [0.05, 0.1) is 12.0 Å². The van der Waals surface area contributed by atoms with Crippen molar-refractivity contribution in [2.45, 2.75) is 25.6 Å². The first-order valence-electron chi connectivity index (χ1n) is 4.85. The highest BCUT2D eigenvalue weighted by Crippen LogP contribution is 2.36. The molecular formula is C11H11F3O3. The first kappa shape index (κ1) is 13.3. The smallest absolute Gasteiger partial charge is 0.419 e. The fourth-order valence-corrected chi connectivity index (χ4v) is 1.31. The number of carboxylic acid groups (broad SMARTS) is 1. The van der Waals surface area contributed by atoms with Gasteiger partial charge in [-0.1, -0.05) is 12.1 Å². The van der Waals surface area contributed by atoms with Gasteiger partial charge in [0.1, 0.15) is 11.9 Å². The number of hydrogen-bond donors (Lipinski definition) is 1. The van der Waals surface area contributed by atoms with E-state index < -0.39 is 23.8 Å². The lowest BCUT2D eigenvalue weighted by Gasteiger charge is -2.17. The highest BCUT2D eigenvalue weighted by molar-refractivity contribution is 5.67. The zero-order valence-corrected chi connectivity index (χ0v) is 8.99. The first-order chi connectivity index (χ1) is 7.80. The summed E-state index contributed by atoms with van der Waals surface area (Å²) in [7, 11) is 0. The summed E-state index contributed by atoms with van der Waals surface area (Å²) in [5, 5.41) is 8.49. The van der Waals surface area contributed by atoms with E-state index in [0.29, 0.717) is 0 Å². The maximum atomic E-state index is 12.6. The van der Waals surface area contributed by atoms with Crippen LogP contribution in [0.1, 0.15) is 18.9 Å². The van der Waals surface area contributed by atoms with Gasteiger partial charge in [0.25, 0.3) is 0 Å². The Morgan fingerprint density at radius 1 is 1.41 bits per heavy atom. The summed E-state index contributed by atoms with van der Waals surface area (Å²) in [6, 6.07) is 4.71. The number of alkyl halides is 3. The summed E-state index contributed by atoms with van der Waals surface area (Å²) in [5.41, 5.74) is -0.905. The molecule has 1 aromatic rings. The molecule has 0 aliphatic heterocycles. The molecule has 0 bridgehead atoms. The van der Waals surface area contributed by atoms with Gasteiger partial charge in [0.2, 0.25) is 0 Å². The Kier molecular flexibility index (Phi) is 3.98. The molecule has 1 rings (SSSR count). The molecule has 6 heteroatoms. The third-order valence-electron chi connectivity index (χ3n) is 1.98. The number of benzene rings is 1. The van der Waals surface area contributed by atoms with Crippen molar-refractivity contribution in [3.05, 3.63) is 29.8 Å². The third-order valence-corrected chi connectivity index (χ3v) is 1.98. The van der Waals surface area contributed by atoms with E-state index in [1.807, 2.05) is 0 Å². The Morgan fingerprint density at radius 3 is 2.53 bits per heavy atom. The molecule has 0 saturated heterocycles. The van der Waals surface area contributed by atoms with Crippen molar-refractivity contribution in [1.82, 2.24) is 0 Å². The lowest BCUT2D eigenvalue weighted by molar-refractivity contribution is -0.140. The normalized spacial score (nSPS) is 13.2. The van der Waals surface area contributed by atoms with Crippen LogP contribution in [0, 0.1) is 0 Å². The monoisotopic (exact) mass is 248 g/mol. The van der Waals surface area contributed by atoms with E-state index in [4.69, 9.17) is 9.84 Å². The van der Waals surface area contributed by atoms with Gasteiger partial charge in [0, 0.05) is 0 Å². The third kappa shape index (κ3) is 3.97. The fraction of sp³-hybridized carbons (Fsp3) is 0.364. The van der Waals surface area contributed by atoms with E-state index in [9.17, 15) is 18.0 Å². The van der Waals surface area contributed by atoms with Crippen LogP contribution in [0.4, 0.5) is 13.2 Å². The molecule has 0 amide bonds. The van der Waals surface area contributed by atoms with Crippen LogP contribution in [0.2, 0.25) is 0 Å². The molecule has 0 radical (unpaired) electrons. The molecule has 1 atom stereocenters. The number of hydrogen-bond acceptors (Lipinski definition) is 2. The van der Waals surface area contributed by atoms with Crippen LogP contribution in [0.3, 0.4) is 0 Å². The van der Waals surface area contributed by atoms with Crippen molar-refractivity contribution in [2.75, 3.05) is 0 Å². The van der Waals surface area contributed by atoms with Crippen molar-refractivity contribution >= 4 is 5.97 Å². The highest BCUT2D eigenvalue weighted by atomic mass is 19.4. The van der Waals surface area contributed by atoms with Crippen LogP contribution in [0.25, 0.3) is 0 Å². The van der Waals surface area contributed by atoms with Crippen molar-refractivity contribution in [2.24, 2.45) is 0 Å². The summed E-state index contributed by atoms with van der Waals surface area (Å²) in [5.74, 6) is -1.48. The molecule has 0 spiro atoms. The van der Waals surface area contributed by atoms with E-state index in [0.717, 1.165) is 6.07 Å². The summed E-state index contributed by atoms with van der Waals surface area (Å²) < 4.78 is 42.7. The predicted octanol–water partition coefficient (Wildman–Crippen LogP) is 2.95. The highest BCUT2D eigenvalue weighted by Gasteiger charge is 2.34. The van der Waals surface area contributed by atoms with Crippen LogP contribution in [-0.4, -0.2) is 17.2 Å². The minimum atomic E-state index is -4.51. The lowest BCUT2D eigenvalue weighted by Crippen LogP contribution is -2.19. The van der Waals surface area contributed by atoms with E-state index in [-0.39, 0.29) is 12.2 Å². The van der Waals surface area contributed by atoms with Gasteiger partial charge in [-0.25, -0.2) is 0 Å². The minimum absolute atomic E-state index is 0.353. The molecule has 1 N–H and O–H groups in total. The molecular weight excluding hydrogens is 237 g/mol. The van der Waals surface area contributed by atoms with Crippen LogP contribution >= 0.6 is 0 Å². The van der Waals surface area contributed by atoms with E-state index >= 15 is 0 Å². The average Bonchev–Trinajstić information content (AvgIpc) is 2.15. The standard InChI is InChI=1S/C11H11F3O3/c1-7(6-10(15)16)17-9-5-3-2-4-8(9)11(12,13)14/h2-5,7H,6H2,1H3,(H,15,16). The molecule has 3 nitrogen and oxygen atoms in total. The molecule has 17 heavy (non-hydrogen) atoms. The number of para-hydroxylation sites is 1. The van der Waals surface area contributed by atoms with E-state index in [2.05, 4.69) is 0 Å². The predicted molar refractivity (Wildman–Crippen MR) is 53.8 cm³/mol. The number of halogens is 3. The molecule has 1 aromatic carbocycles. The Hall–Kier alpha value is -1.72. The van der Waals surface area contributed by atoms with Gasteiger partial charge in [-0.05, 0) is 19.1 Å². The SMILES string of the molecule is CC(CC(=O)O)Oc1ccccc1C(F)(F)F. The zero-order chi connectivity index (χ0) is 13.1. The number of rotatable bonds is 4. The first-order valence-corrected chi connectivity index (χ1v) is 4.85. The largest absolute Gasteiger partial charge is 0.489 e. The van der Waals surface area contributed by atoms with Crippen molar-refractivity contribution in [3.63, 3.8) is 0 Å². The fourth-order valence-electron chi connectivity index (χ4n) is 1.31. The maximum Gasteiger partial charge on any atom is 0.419 e. The van der Waals surface area contributed by atoms with Gasteiger partial charge in [-0.2, -0.15) is 13.2 Å². The Morgan fingerprint density at radius 2 is 2.00 bits per heavy atom. The molecule has 0 saturated carbocycles. The van der Waals surface area contributed by atoms with Crippen molar-refractivity contribution in [1.29, 1.82) is 0 Å². The average molecular weight is 248 g/mol. The second kappa shape index (κ2) is 5.07. The quantitative estimate of drug-likeness (QED) is 0.891. The summed E-state index contributed by atoms with van der Waals surface area (Å²) in [6.45, 7) is 1.40. The zero-order valence-electron chi connectivity index (χ0n) is 8.99. The van der Waals surface area contributed by atoms with Crippen LogP contribution in [0.5, 0.6) is 5.75 Å². The van der Waals surface area contributed by atoms with Gasteiger partial charge >= 0.3 is 12.1 Å². The number of ether oxygens (including phenoxy) is 1. The maximum absolute atomic E-state index is 12.6. The minimum Gasteiger partial charge on any atom is -0.489 e. The van der Waals surface area contributed by atoms with Gasteiger partial charge in [-0.3, -0.25) is 4.79 Å². The lowest BCUT2D eigenvalue weighted by atomic mass is 10.2. The number of aliphatic carboxylic acids is 1. The van der Waals surface area contributed by atoms with Gasteiger partial charge < -0.3 is 9.84 Å². The van der Waals surface area contributed by atoms with E-state index in [1.54, 1.807) is 0 Å². The summed E-state index contributed by atoms with van der Waals surface area (Å²) in [6.07, 6.45) is -5.69. The molecule has 0 fully saturated rings. The number of carbonyl (C=O) groups is 1. The number of carboxylic acids is 1. The molecule has 94 valence electrons. The Balaban J connectivity index is 2.87. The molecule has 0 aromatic heterocycles. The topological polar surface area (TPSA) is 46.5 Å². The Labute approximate surface area is 95.8 Å². The molecule has 0 aliphatic rings. The molecule has 1 unspecified atom stereocenters. The van der Waals surface area contributed by atoms with Crippen LogP contribution in [-0.2, 0) is 11.0 Å². The van der Waals surface area contributed by atoms with E-state index in [1.165, 1.54) is 25.1 Å². The van der Waals surface area contributed by atoms with Crippen molar-refractivity contribution in [3.8, 4) is 5.75 Å². The Bertz CT molecular complexity index is 401. The van der Waals surface area contributed by atoms with Gasteiger partial charge in [0.15, 0.2) is 0 Å².